The van der Waals surface area contributed by atoms with E-state index in [0.29, 0.717) is 0 Å². The minimum atomic E-state index is 0.126. The van der Waals surface area contributed by atoms with Gasteiger partial charge in [-0.1, -0.05) is 24.3 Å². The van der Waals surface area contributed by atoms with Crippen LogP contribution in [0.3, 0.4) is 0 Å². The van der Waals surface area contributed by atoms with Gasteiger partial charge in [-0.25, -0.2) is 0 Å². The van der Waals surface area contributed by atoms with E-state index in [1.807, 2.05) is 23.9 Å². The fourth-order valence-electron chi connectivity index (χ4n) is 1.12. The molecule has 14 heavy (non-hydrogen) atoms. The van der Waals surface area contributed by atoms with Crippen LogP contribution in [0.2, 0.25) is 0 Å². The number of hydrogen-bond donors (Lipinski definition) is 2. The van der Waals surface area contributed by atoms with Crippen LogP contribution in [0.4, 0.5) is 0 Å². The summed E-state index contributed by atoms with van der Waals surface area (Å²) in [6, 6.07) is 8.08. The molecular formula is C11H17NOS. The van der Waals surface area contributed by atoms with Crippen molar-refractivity contribution in [2.75, 3.05) is 12.3 Å². The van der Waals surface area contributed by atoms with Gasteiger partial charge in [0.15, 0.2) is 0 Å². The van der Waals surface area contributed by atoms with Gasteiger partial charge in [0.2, 0.25) is 0 Å². The van der Waals surface area contributed by atoms with Crippen LogP contribution >= 0.6 is 11.8 Å². The molecule has 3 heteroatoms. The Labute approximate surface area is 89.5 Å². The van der Waals surface area contributed by atoms with Crippen LogP contribution in [0.5, 0.6) is 0 Å². The lowest BCUT2D eigenvalue weighted by atomic mass is 10.2. The summed E-state index contributed by atoms with van der Waals surface area (Å²) >= 11 is 1.90. The van der Waals surface area contributed by atoms with E-state index in [-0.39, 0.29) is 6.61 Å². The molecule has 0 atom stereocenters. The first kappa shape index (κ1) is 11.6. The summed E-state index contributed by atoms with van der Waals surface area (Å²) < 4.78 is 0. The smallest absolute Gasteiger partial charge is 0.0681 e. The van der Waals surface area contributed by atoms with Gasteiger partial charge in [-0.15, -0.1) is 0 Å². The highest BCUT2D eigenvalue weighted by Crippen LogP contribution is 2.13. The average Bonchev–Trinajstić information content (AvgIpc) is 2.25. The molecule has 1 rings (SSSR count). The standard InChI is InChI=1S/C11H17NOS/c12-6-1-7-14-9-11-4-2-10(8-13)3-5-11/h2-5,13H,1,6-9,12H2. The molecule has 0 aliphatic heterocycles. The first-order valence-electron chi connectivity index (χ1n) is 4.83. The highest BCUT2D eigenvalue weighted by atomic mass is 32.2. The third-order valence-electron chi connectivity index (χ3n) is 1.97. The summed E-state index contributed by atoms with van der Waals surface area (Å²) in [5, 5.41) is 8.86. The fourth-order valence-corrected chi connectivity index (χ4v) is 2.06. The number of thioether (sulfide) groups is 1. The van der Waals surface area contributed by atoms with Crippen molar-refractivity contribution in [3.05, 3.63) is 35.4 Å². The molecule has 0 saturated heterocycles. The number of rotatable bonds is 6. The van der Waals surface area contributed by atoms with Crippen molar-refractivity contribution in [1.29, 1.82) is 0 Å². The number of nitrogens with two attached hydrogens (primary N) is 1. The zero-order valence-corrected chi connectivity index (χ0v) is 9.09. The van der Waals surface area contributed by atoms with E-state index in [1.54, 1.807) is 0 Å². The molecule has 0 heterocycles. The zero-order chi connectivity index (χ0) is 10.2. The molecule has 0 saturated carbocycles. The Morgan fingerprint density at radius 1 is 1.14 bits per heavy atom. The Morgan fingerprint density at radius 2 is 1.79 bits per heavy atom. The van der Waals surface area contributed by atoms with Gasteiger partial charge in [-0.3, -0.25) is 0 Å². The highest BCUT2D eigenvalue weighted by molar-refractivity contribution is 7.98. The van der Waals surface area contributed by atoms with E-state index < -0.39 is 0 Å². The van der Waals surface area contributed by atoms with E-state index in [9.17, 15) is 0 Å². The highest BCUT2D eigenvalue weighted by Gasteiger charge is 1.94. The first-order valence-corrected chi connectivity index (χ1v) is 5.99. The average molecular weight is 211 g/mol. The maximum Gasteiger partial charge on any atom is 0.0681 e. The Kier molecular flexibility index (Phi) is 5.68. The molecule has 0 aliphatic rings. The van der Waals surface area contributed by atoms with Gasteiger partial charge >= 0.3 is 0 Å². The second-order valence-corrected chi connectivity index (χ2v) is 4.27. The molecule has 3 N–H and O–H groups in total. The zero-order valence-electron chi connectivity index (χ0n) is 8.28. The summed E-state index contributed by atoms with van der Waals surface area (Å²) in [6.45, 7) is 0.900. The maximum absolute atomic E-state index is 8.86. The second-order valence-electron chi connectivity index (χ2n) is 3.17. The molecule has 2 nitrogen and oxygen atoms in total. The molecule has 0 aliphatic carbocycles. The summed E-state index contributed by atoms with van der Waals surface area (Å²) in [5.41, 5.74) is 7.69. The van der Waals surface area contributed by atoms with Crippen molar-refractivity contribution in [2.45, 2.75) is 18.8 Å². The van der Waals surface area contributed by atoms with Crippen molar-refractivity contribution >= 4 is 11.8 Å². The Morgan fingerprint density at radius 3 is 2.36 bits per heavy atom. The Hall–Kier alpha value is -0.510. The summed E-state index contributed by atoms with van der Waals surface area (Å²) in [4.78, 5) is 0. The van der Waals surface area contributed by atoms with Crippen molar-refractivity contribution < 1.29 is 5.11 Å². The van der Waals surface area contributed by atoms with Crippen molar-refractivity contribution in [1.82, 2.24) is 0 Å². The summed E-state index contributed by atoms with van der Waals surface area (Å²) in [5.74, 6) is 2.16. The van der Waals surface area contributed by atoms with E-state index in [2.05, 4.69) is 12.1 Å². The molecule has 0 unspecified atom stereocenters. The topological polar surface area (TPSA) is 46.2 Å². The predicted molar refractivity (Wildman–Crippen MR) is 62.2 cm³/mol. The quantitative estimate of drug-likeness (QED) is 0.705. The van der Waals surface area contributed by atoms with Gasteiger partial charge in [-0.05, 0) is 29.8 Å². The van der Waals surface area contributed by atoms with Crippen LogP contribution in [0.25, 0.3) is 0 Å². The predicted octanol–water partition coefficient (Wildman–Crippen LogP) is 1.76. The van der Waals surface area contributed by atoms with Gasteiger partial charge in [-0.2, -0.15) is 11.8 Å². The van der Waals surface area contributed by atoms with Crippen LogP contribution in [-0.4, -0.2) is 17.4 Å². The van der Waals surface area contributed by atoms with E-state index in [0.717, 1.165) is 30.0 Å². The first-order chi connectivity index (χ1) is 6.86. The second kappa shape index (κ2) is 6.87. The van der Waals surface area contributed by atoms with Crippen LogP contribution in [0, 0.1) is 0 Å². The molecule has 0 spiro atoms. The minimum absolute atomic E-state index is 0.126. The lowest BCUT2D eigenvalue weighted by Gasteiger charge is -2.02. The van der Waals surface area contributed by atoms with Crippen LogP contribution in [0.1, 0.15) is 17.5 Å². The van der Waals surface area contributed by atoms with Crippen LogP contribution in [0.15, 0.2) is 24.3 Å². The Balaban J connectivity index is 2.29. The normalized spacial score (nSPS) is 10.4. The molecule has 0 radical (unpaired) electrons. The molecule has 0 amide bonds. The number of aliphatic hydroxyl groups excluding tert-OH is 1. The molecule has 1 aromatic carbocycles. The lowest BCUT2D eigenvalue weighted by molar-refractivity contribution is 0.282. The number of hydrogen-bond acceptors (Lipinski definition) is 3. The minimum Gasteiger partial charge on any atom is -0.392 e. The van der Waals surface area contributed by atoms with E-state index >= 15 is 0 Å². The third kappa shape index (κ3) is 4.13. The third-order valence-corrected chi connectivity index (χ3v) is 3.08. The summed E-state index contributed by atoms with van der Waals surface area (Å²) in [7, 11) is 0. The van der Waals surface area contributed by atoms with Crippen molar-refractivity contribution in [2.24, 2.45) is 5.73 Å². The summed E-state index contributed by atoms with van der Waals surface area (Å²) in [6.07, 6.45) is 1.08. The van der Waals surface area contributed by atoms with Crippen LogP contribution in [-0.2, 0) is 12.4 Å². The largest absolute Gasteiger partial charge is 0.392 e. The molecule has 0 fully saturated rings. The van der Waals surface area contributed by atoms with Crippen molar-refractivity contribution in [3.8, 4) is 0 Å². The number of benzene rings is 1. The monoisotopic (exact) mass is 211 g/mol. The Bertz CT molecular complexity index is 248. The fraction of sp³-hybridized carbons (Fsp3) is 0.455. The van der Waals surface area contributed by atoms with Gasteiger partial charge < -0.3 is 10.8 Å². The molecule has 0 aromatic heterocycles. The van der Waals surface area contributed by atoms with E-state index in [4.69, 9.17) is 10.8 Å². The van der Waals surface area contributed by atoms with Crippen molar-refractivity contribution in [3.63, 3.8) is 0 Å². The van der Waals surface area contributed by atoms with E-state index in [1.165, 1.54) is 5.56 Å². The van der Waals surface area contributed by atoms with Gasteiger partial charge in [0.05, 0.1) is 6.61 Å². The van der Waals surface area contributed by atoms with Gasteiger partial charge in [0, 0.05) is 5.75 Å². The molecule has 78 valence electrons. The SMILES string of the molecule is NCCCSCc1ccc(CO)cc1. The van der Waals surface area contributed by atoms with Gasteiger partial charge in [0.25, 0.3) is 0 Å². The molecule has 0 bridgehead atoms. The van der Waals surface area contributed by atoms with Gasteiger partial charge in [0.1, 0.15) is 0 Å². The maximum atomic E-state index is 8.86. The van der Waals surface area contributed by atoms with Crippen LogP contribution < -0.4 is 5.73 Å². The molecule has 1 aromatic rings. The lowest BCUT2D eigenvalue weighted by Crippen LogP contribution is -1.99. The number of aliphatic hydroxyl groups is 1. The molecular weight excluding hydrogens is 194 g/mol.